The minimum Gasteiger partial charge on any atom is -0.512 e. The minimum absolute atomic E-state index is 0. The number of ketones is 1. The molecule has 0 heterocycles. The van der Waals surface area contributed by atoms with E-state index in [1.54, 1.807) is 0 Å². The normalized spacial score (nSPS) is 8.71. The summed E-state index contributed by atoms with van der Waals surface area (Å²) >= 11 is 0. The van der Waals surface area contributed by atoms with Gasteiger partial charge in [0.15, 0.2) is 5.78 Å². The standard InChI is InChI=1S/C5H8O2.C4H6O4.2Cr/c1-4(6)3-5(2)7;5-3(6)1-2-4(7)8;;/h3,6H,1-2H3;1-2H2,(H,5,6)(H,7,8);;/b4-3-;;;. The van der Waals surface area contributed by atoms with Gasteiger partial charge in [0.1, 0.15) is 0 Å². The van der Waals surface area contributed by atoms with Crippen LogP contribution in [0, 0.1) is 0 Å². The van der Waals surface area contributed by atoms with Crippen LogP contribution in [0.1, 0.15) is 26.7 Å². The Kier molecular flexibility index (Phi) is 22.5. The van der Waals surface area contributed by atoms with Gasteiger partial charge in [-0.1, -0.05) is 0 Å². The van der Waals surface area contributed by atoms with Crippen molar-refractivity contribution in [3.63, 3.8) is 0 Å². The van der Waals surface area contributed by atoms with Gasteiger partial charge in [-0.25, -0.2) is 0 Å². The first-order valence-electron chi connectivity index (χ1n) is 4.07. The monoisotopic (exact) mass is 322 g/mol. The molecule has 8 heteroatoms. The van der Waals surface area contributed by atoms with E-state index in [1.165, 1.54) is 19.9 Å². The maximum atomic E-state index is 10.0. The predicted molar refractivity (Wildman–Crippen MR) is 51.6 cm³/mol. The number of aliphatic carboxylic acids is 2. The van der Waals surface area contributed by atoms with Crippen LogP contribution in [-0.4, -0.2) is 33.0 Å². The van der Waals surface area contributed by atoms with E-state index in [2.05, 4.69) is 0 Å². The van der Waals surface area contributed by atoms with E-state index >= 15 is 0 Å². The summed E-state index contributed by atoms with van der Waals surface area (Å²) in [7, 11) is 0. The molecule has 0 atom stereocenters. The molecule has 0 unspecified atom stereocenters. The predicted octanol–water partition coefficient (Wildman–Crippen LogP) is 0.968. The van der Waals surface area contributed by atoms with E-state index in [0.29, 0.717) is 0 Å². The minimum atomic E-state index is -1.08. The van der Waals surface area contributed by atoms with Gasteiger partial charge in [0.2, 0.25) is 0 Å². The molecule has 0 fully saturated rings. The van der Waals surface area contributed by atoms with E-state index < -0.39 is 11.9 Å². The van der Waals surface area contributed by atoms with Crippen molar-refractivity contribution < 1.29 is 64.4 Å². The third-order valence-corrected chi connectivity index (χ3v) is 0.965. The molecule has 0 rings (SSSR count). The third kappa shape index (κ3) is 39.4. The molecule has 0 spiro atoms. The average Bonchev–Trinajstić information content (AvgIpc) is 1.99. The van der Waals surface area contributed by atoms with Crippen molar-refractivity contribution in [2.24, 2.45) is 0 Å². The zero-order valence-corrected chi connectivity index (χ0v) is 11.9. The van der Waals surface area contributed by atoms with Crippen LogP contribution in [0.3, 0.4) is 0 Å². The summed E-state index contributed by atoms with van der Waals surface area (Å²) in [4.78, 5) is 29.3. The molecule has 0 aliphatic rings. The number of carbonyl (C=O) groups excluding carboxylic acids is 1. The first kappa shape index (κ1) is 25.2. The fourth-order valence-corrected chi connectivity index (χ4v) is 0.508. The molecule has 0 amide bonds. The Labute approximate surface area is 121 Å². The van der Waals surface area contributed by atoms with E-state index in [1.807, 2.05) is 0 Å². The molecule has 0 aromatic heterocycles. The molecule has 0 saturated carbocycles. The Balaban J connectivity index is -0.0000000896. The topological polar surface area (TPSA) is 112 Å². The molecular weight excluding hydrogens is 308 g/mol. The van der Waals surface area contributed by atoms with Crippen LogP contribution in [-0.2, 0) is 49.1 Å². The molecule has 98 valence electrons. The maximum absolute atomic E-state index is 10.0. The second-order valence-corrected chi connectivity index (χ2v) is 2.68. The Morgan fingerprint density at radius 1 is 0.882 bits per heavy atom. The summed E-state index contributed by atoms with van der Waals surface area (Å²) in [5.74, 6) is -2.22. The van der Waals surface area contributed by atoms with Gasteiger partial charge in [0.25, 0.3) is 0 Å². The summed E-state index contributed by atoms with van der Waals surface area (Å²) in [6.45, 7) is 2.85. The molecule has 0 aliphatic heterocycles. The number of carbonyl (C=O) groups is 3. The van der Waals surface area contributed by atoms with E-state index in [4.69, 9.17) is 15.3 Å². The second-order valence-electron chi connectivity index (χ2n) is 2.68. The van der Waals surface area contributed by atoms with Gasteiger partial charge in [0.05, 0.1) is 18.6 Å². The smallest absolute Gasteiger partial charge is 0.303 e. The molecule has 0 aromatic rings. The molecule has 0 saturated heterocycles. The van der Waals surface area contributed by atoms with E-state index in [0.717, 1.165) is 0 Å². The third-order valence-electron chi connectivity index (χ3n) is 0.965. The second kappa shape index (κ2) is 15.2. The number of aliphatic hydroxyl groups excluding tert-OH is 1. The van der Waals surface area contributed by atoms with Gasteiger partial charge in [-0.2, -0.15) is 0 Å². The van der Waals surface area contributed by atoms with Crippen LogP contribution in [0.5, 0.6) is 0 Å². The molecule has 0 aliphatic carbocycles. The van der Waals surface area contributed by atoms with Crippen molar-refractivity contribution in [1.82, 2.24) is 0 Å². The first-order valence-corrected chi connectivity index (χ1v) is 4.07. The molecule has 6 nitrogen and oxygen atoms in total. The van der Waals surface area contributed by atoms with Gasteiger partial charge in [0, 0.05) is 40.8 Å². The SMILES string of the molecule is CC(=O)/C=C(/C)O.O=C(O)CCC(=O)O.[Cr].[Cr]. The zero-order chi connectivity index (χ0) is 12.4. The van der Waals surface area contributed by atoms with Crippen molar-refractivity contribution in [3.05, 3.63) is 11.8 Å². The van der Waals surface area contributed by atoms with Crippen molar-refractivity contribution in [2.45, 2.75) is 26.7 Å². The Morgan fingerprint density at radius 3 is 1.24 bits per heavy atom. The fraction of sp³-hybridized carbons (Fsp3) is 0.444. The Bertz CT molecular complexity index is 257. The Morgan fingerprint density at radius 2 is 1.18 bits per heavy atom. The summed E-state index contributed by atoms with van der Waals surface area (Å²) < 4.78 is 0. The van der Waals surface area contributed by atoms with E-state index in [9.17, 15) is 14.4 Å². The number of rotatable bonds is 4. The molecular formula is C9H14Cr2O6. The van der Waals surface area contributed by atoms with Gasteiger partial charge in [-0.3, -0.25) is 14.4 Å². The van der Waals surface area contributed by atoms with Crippen LogP contribution in [0.25, 0.3) is 0 Å². The van der Waals surface area contributed by atoms with E-state index in [-0.39, 0.29) is 59.1 Å². The quantitative estimate of drug-likeness (QED) is 0.525. The number of hydrogen-bond donors (Lipinski definition) is 3. The van der Waals surface area contributed by atoms with Crippen LogP contribution >= 0.6 is 0 Å². The fourth-order valence-electron chi connectivity index (χ4n) is 0.508. The van der Waals surface area contributed by atoms with Gasteiger partial charge in [-0.15, -0.1) is 0 Å². The maximum Gasteiger partial charge on any atom is 0.303 e. The van der Waals surface area contributed by atoms with Crippen molar-refractivity contribution in [1.29, 1.82) is 0 Å². The van der Waals surface area contributed by atoms with Gasteiger partial charge < -0.3 is 15.3 Å². The first-order chi connectivity index (χ1) is 6.75. The number of carboxylic acid groups (broad SMARTS) is 2. The van der Waals surface area contributed by atoms with Gasteiger partial charge in [-0.05, 0) is 13.8 Å². The van der Waals surface area contributed by atoms with Crippen molar-refractivity contribution >= 4 is 17.7 Å². The number of allylic oxidation sites excluding steroid dienone is 2. The van der Waals surface area contributed by atoms with Crippen LogP contribution in [0.2, 0.25) is 0 Å². The summed E-state index contributed by atoms with van der Waals surface area (Å²) in [6, 6.07) is 0. The largest absolute Gasteiger partial charge is 0.512 e. The molecule has 17 heavy (non-hydrogen) atoms. The summed E-state index contributed by atoms with van der Waals surface area (Å²) in [6.07, 6.45) is 0.574. The van der Waals surface area contributed by atoms with Crippen LogP contribution in [0.15, 0.2) is 11.8 Å². The average molecular weight is 322 g/mol. The Hall–Kier alpha value is -0.785. The van der Waals surface area contributed by atoms with Crippen LogP contribution in [0.4, 0.5) is 0 Å². The van der Waals surface area contributed by atoms with Gasteiger partial charge >= 0.3 is 11.9 Å². The molecule has 3 N–H and O–H groups in total. The molecule has 0 bridgehead atoms. The number of hydrogen-bond acceptors (Lipinski definition) is 4. The summed E-state index contributed by atoms with van der Waals surface area (Å²) in [5.41, 5.74) is 0. The number of aliphatic hydroxyl groups is 1. The van der Waals surface area contributed by atoms with Crippen molar-refractivity contribution in [2.75, 3.05) is 0 Å². The van der Waals surface area contributed by atoms with Crippen molar-refractivity contribution in [3.8, 4) is 0 Å². The van der Waals surface area contributed by atoms with Crippen LogP contribution < -0.4 is 0 Å². The summed E-state index contributed by atoms with van der Waals surface area (Å²) in [5, 5.41) is 24.2. The number of carboxylic acids is 2. The molecule has 0 aromatic carbocycles. The zero-order valence-electron chi connectivity index (χ0n) is 9.37. The molecule has 0 radical (unpaired) electrons.